The minimum absolute atomic E-state index is 0.0286. The number of nitrogens with one attached hydrogen (secondary N) is 1. The van der Waals surface area contributed by atoms with Crippen molar-refractivity contribution in [1.29, 1.82) is 0 Å². The van der Waals surface area contributed by atoms with Gasteiger partial charge in [-0.15, -0.1) is 4.91 Å². The lowest BCUT2D eigenvalue weighted by atomic mass is 10.4. The molecule has 0 spiro atoms. The number of aromatic amines is 1. The van der Waals surface area contributed by atoms with Crippen molar-refractivity contribution >= 4 is 11.8 Å². The Hall–Kier alpha value is -1.76. The standard InChI is InChI=1S/C6H7N3O3.CH4O/c10-6(11)1-2-9-3-5(8-12)7-4-9;1-2/h3-4H,1-2H2,(H,10,11);2H,1H3/p+1. The van der Waals surface area contributed by atoms with Gasteiger partial charge >= 0.3 is 5.97 Å². The number of aliphatic hydroxyl groups is 1. The number of aromatic nitrogens is 2. The average Bonchev–Trinajstić information content (AvgIpc) is 2.65. The fourth-order valence-corrected chi connectivity index (χ4v) is 0.784. The summed E-state index contributed by atoms with van der Waals surface area (Å²) in [7, 11) is 1.00. The van der Waals surface area contributed by atoms with Crippen molar-refractivity contribution in [2.45, 2.75) is 13.0 Å². The van der Waals surface area contributed by atoms with Gasteiger partial charge < -0.3 is 10.2 Å². The van der Waals surface area contributed by atoms with Crippen molar-refractivity contribution in [2.75, 3.05) is 7.11 Å². The van der Waals surface area contributed by atoms with E-state index in [1.54, 1.807) is 4.57 Å². The molecule has 0 unspecified atom stereocenters. The average molecular weight is 202 g/mol. The molecular formula is C7H12N3O4+. The van der Waals surface area contributed by atoms with Crippen LogP contribution in [0.5, 0.6) is 0 Å². The van der Waals surface area contributed by atoms with E-state index in [1.165, 1.54) is 12.5 Å². The Morgan fingerprint density at radius 2 is 2.29 bits per heavy atom. The smallest absolute Gasteiger partial charge is 0.307 e. The molecule has 0 aliphatic heterocycles. The summed E-state index contributed by atoms with van der Waals surface area (Å²) in [5.41, 5.74) is 0. The molecule has 0 aromatic carbocycles. The first-order valence-electron chi connectivity index (χ1n) is 3.79. The molecule has 0 aliphatic carbocycles. The molecule has 1 aromatic heterocycles. The molecule has 0 bridgehead atoms. The zero-order chi connectivity index (χ0) is 11.0. The van der Waals surface area contributed by atoms with Crippen LogP contribution < -0.4 is 4.57 Å². The highest BCUT2D eigenvalue weighted by molar-refractivity contribution is 5.66. The number of hydrogen-bond acceptors (Lipinski definition) is 4. The number of carboxylic acids is 1. The van der Waals surface area contributed by atoms with Crippen molar-refractivity contribution in [3.8, 4) is 0 Å². The van der Waals surface area contributed by atoms with E-state index < -0.39 is 5.97 Å². The zero-order valence-corrected chi connectivity index (χ0v) is 7.67. The van der Waals surface area contributed by atoms with Crippen LogP contribution >= 0.6 is 0 Å². The van der Waals surface area contributed by atoms with Crippen LogP contribution in [-0.4, -0.2) is 28.3 Å². The second-order valence-electron chi connectivity index (χ2n) is 2.26. The molecule has 0 radical (unpaired) electrons. The van der Waals surface area contributed by atoms with Crippen molar-refractivity contribution in [2.24, 2.45) is 5.18 Å². The molecule has 3 N–H and O–H groups in total. The van der Waals surface area contributed by atoms with Crippen molar-refractivity contribution in [3.05, 3.63) is 17.4 Å². The van der Waals surface area contributed by atoms with Crippen LogP contribution in [0.2, 0.25) is 0 Å². The number of H-pyrrole nitrogens is 1. The maximum absolute atomic E-state index is 10.1. The van der Waals surface area contributed by atoms with E-state index in [2.05, 4.69) is 10.2 Å². The van der Waals surface area contributed by atoms with Gasteiger partial charge in [-0.05, 0) is 0 Å². The summed E-state index contributed by atoms with van der Waals surface area (Å²) < 4.78 is 1.56. The number of carbonyl (C=O) groups is 1. The Kier molecular flexibility index (Phi) is 5.88. The Bertz CT molecular complexity index is 297. The van der Waals surface area contributed by atoms with Gasteiger partial charge in [-0.3, -0.25) is 4.79 Å². The fourth-order valence-electron chi connectivity index (χ4n) is 0.784. The maximum Gasteiger partial charge on any atom is 0.307 e. The molecular weight excluding hydrogens is 190 g/mol. The molecule has 0 aliphatic rings. The van der Waals surface area contributed by atoms with Gasteiger partial charge in [0, 0.05) is 12.3 Å². The maximum atomic E-state index is 10.1. The van der Waals surface area contributed by atoms with Gasteiger partial charge in [0.2, 0.25) is 6.33 Å². The third-order valence-corrected chi connectivity index (χ3v) is 1.35. The van der Waals surface area contributed by atoms with Gasteiger partial charge in [-0.25, -0.2) is 9.55 Å². The summed E-state index contributed by atoms with van der Waals surface area (Å²) in [6.07, 6.45) is 2.98. The largest absolute Gasteiger partial charge is 0.481 e. The van der Waals surface area contributed by atoms with Gasteiger partial charge in [0.1, 0.15) is 6.54 Å². The lowest BCUT2D eigenvalue weighted by Crippen LogP contribution is -2.31. The zero-order valence-electron chi connectivity index (χ0n) is 7.67. The van der Waals surface area contributed by atoms with Crippen molar-refractivity contribution in [3.63, 3.8) is 0 Å². The summed E-state index contributed by atoms with van der Waals surface area (Å²) >= 11 is 0. The molecule has 78 valence electrons. The van der Waals surface area contributed by atoms with Gasteiger partial charge in [0.25, 0.3) is 5.82 Å². The fraction of sp³-hybridized carbons (Fsp3) is 0.429. The third kappa shape index (κ3) is 4.31. The molecule has 7 nitrogen and oxygen atoms in total. The second kappa shape index (κ2) is 6.72. The Morgan fingerprint density at radius 3 is 2.71 bits per heavy atom. The summed E-state index contributed by atoms with van der Waals surface area (Å²) in [6.45, 7) is 0.335. The number of nitroso groups, excluding NO2 is 1. The van der Waals surface area contributed by atoms with E-state index in [4.69, 9.17) is 10.2 Å². The normalized spacial score (nSPS) is 8.71. The summed E-state index contributed by atoms with van der Waals surface area (Å²) in [6, 6.07) is 0. The molecule has 0 atom stereocenters. The SMILES string of the molecule is CO.O=Nc1c[n+](CCC(=O)O)c[nH]1. The number of imidazole rings is 1. The van der Waals surface area contributed by atoms with Crippen LogP contribution in [0.3, 0.4) is 0 Å². The number of aryl methyl sites for hydroxylation is 1. The van der Waals surface area contributed by atoms with Gasteiger partial charge in [0.15, 0.2) is 6.20 Å². The number of hydrogen-bond donors (Lipinski definition) is 3. The van der Waals surface area contributed by atoms with E-state index in [-0.39, 0.29) is 12.2 Å². The predicted octanol–water partition coefficient (Wildman–Crippen LogP) is -0.217. The van der Waals surface area contributed by atoms with Crippen LogP contribution in [0.25, 0.3) is 0 Å². The molecule has 0 saturated carbocycles. The highest BCUT2D eigenvalue weighted by atomic mass is 16.4. The van der Waals surface area contributed by atoms with Gasteiger partial charge in [0.05, 0.1) is 6.42 Å². The van der Waals surface area contributed by atoms with E-state index >= 15 is 0 Å². The number of aliphatic carboxylic acids is 1. The summed E-state index contributed by atoms with van der Waals surface area (Å²) in [5.74, 6) is -0.676. The molecule has 0 saturated heterocycles. The molecule has 14 heavy (non-hydrogen) atoms. The molecule has 7 heteroatoms. The predicted molar refractivity (Wildman–Crippen MR) is 46.8 cm³/mol. The minimum Gasteiger partial charge on any atom is -0.481 e. The quantitative estimate of drug-likeness (QED) is 0.463. The van der Waals surface area contributed by atoms with E-state index in [0.717, 1.165) is 7.11 Å². The summed E-state index contributed by atoms with van der Waals surface area (Å²) in [5, 5.41) is 18.0. The Labute approximate surface area is 80.0 Å². The van der Waals surface area contributed by atoms with E-state index in [9.17, 15) is 9.70 Å². The molecule has 0 fully saturated rings. The number of carboxylic acid groups (broad SMARTS) is 1. The first-order valence-corrected chi connectivity index (χ1v) is 3.79. The van der Waals surface area contributed by atoms with Gasteiger partial charge in [-0.2, -0.15) is 0 Å². The highest BCUT2D eigenvalue weighted by Gasteiger charge is 2.06. The molecule has 1 aromatic rings. The Balaban J connectivity index is 0.000000791. The number of rotatable bonds is 4. The Morgan fingerprint density at radius 1 is 1.64 bits per heavy atom. The first-order chi connectivity index (χ1) is 6.72. The third-order valence-electron chi connectivity index (χ3n) is 1.35. The number of nitrogens with zero attached hydrogens (tertiary/aromatic N) is 2. The highest BCUT2D eigenvalue weighted by Crippen LogP contribution is 2.00. The first kappa shape index (κ1) is 12.2. The van der Waals surface area contributed by atoms with Crippen LogP contribution in [-0.2, 0) is 11.3 Å². The van der Waals surface area contributed by atoms with E-state index in [0.29, 0.717) is 6.54 Å². The topological polar surface area (TPSA) is 107 Å². The van der Waals surface area contributed by atoms with Gasteiger partial charge in [-0.1, -0.05) is 0 Å². The lowest BCUT2D eigenvalue weighted by Gasteiger charge is -1.88. The molecule has 1 heterocycles. The molecule has 1 rings (SSSR count). The summed E-state index contributed by atoms with van der Waals surface area (Å²) in [4.78, 5) is 22.7. The van der Waals surface area contributed by atoms with Crippen LogP contribution in [0, 0.1) is 4.91 Å². The van der Waals surface area contributed by atoms with Crippen molar-refractivity contribution in [1.82, 2.24) is 4.98 Å². The van der Waals surface area contributed by atoms with Crippen LogP contribution in [0.4, 0.5) is 5.82 Å². The monoisotopic (exact) mass is 202 g/mol. The lowest BCUT2D eigenvalue weighted by molar-refractivity contribution is -0.694. The minimum atomic E-state index is -0.871. The van der Waals surface area contributed by atoms with Crippen LogP contribution in [0.15, 0.2) is 17.7 Å². The van der Waals surface area contributed by atoms with Crippen LogP contribution in [0.1, 0.15) is 6.42 Å². The second-order valence-corrected chi connectivity index (χ2v) is 2.26. The molecule has 0 amide bonds. The van der Waals surface area contributed by atoms with Crippen molar-refractivity contribution < 1.29 is 19.6 Å². The number of aliphatic hydroxyl groups excluding tert-OH is 1. The van der Waals surface area contributed by atoms with E-state index in [1.807, 2.05) is 0 Å².